The number of nitrogens with zero attached hydrogens (tertiary/aromatic N) is 1. The summed E-state index contributed by atoms with van der Waals surface area (Å²) in [5.74, 6) is 2.65. The molecule has 0 atom stereocenters. The highest BCUT2D eigenvalue weighted by molar-refractivity contribution is 5.58. The third-order valence-corrected chi connectivity index (χ3v) is 4.81. The van der Waals surface area contributed by atoms with E-state index >= 15 is 0 Å². The molecule has 0 saturated heterocycles. The number of para-hydroxylation sites is 2. The second-order valence-corrected chi connectivity index (χ2v) is 6.24. The van der Waals surface area contributed by atoms with E-state index < -0.39 is 0 Å². The van der Waals surface area contributed by atoms with E-state index in [0.717, 1.165) is 43.7 Å². The first-order valence-electron chi connectivity index (χ1n) is 8.03. The van der Waals surface area contributed by atoms with Crippen LogP contribution in [0.5, 0.6) is 5.75 Å². The van der Waals surface area contributed by atoms with Gasteiger partial charge in [0, 0.05) is 13.1 Å². The zero-order valence-electron chi connectivity index (χ0n) is 12.3. The van der Waals surface area contributed by atoms with E-state index in [1.54, 1.807) is 0 Å². The standard InChI is InChI=1S/C17H26N2O/c18-12-14-6-8-15(9-7-14)13-19-10-3-11-20-17-5-2-1-4-16(17)19/h1-2,4-5,14-15H,3,6-13,18H2. The van der Waals surface area contributed by atoms with E-state index in [1.165, 1.54) is 37.9 Å². The summed E-state index contributed by atoms with van der Waals surface area (Å²) in [5.41, 5.74) is 7.07. The molecule has 1 aromatic carbocycles. The predicted molar refractivity (Wildman–Crippen MR) is 83.3 cm³/mol. The molecule has 3 heteroatoms. The Bertz CT molecular complexity index is 427. The van der Waals surface area contributed by atoms with Crippen molar-refractivity contribution in [1.29, 1.82) is 0 Å². The van der Waals surface area contributed by atoms with Crippen molar-refractivity contribution in [2.75, 3.05) is 31.1 Å². The summed E-state index contributed by atoms with van der Waals surface area (Å²) in [6.45, 7) is 4.01. The molecule has 1 aliphatic heterocycles. The third kappa shape index (κ3) is 3.09. The van der Waals surface area contributed by atoms with E-state index in [-0.39, 0.29) is 0 Å². The van der Waals surface area contributed by atoms with E-state index in [1.807, 2.05) is 0 Å². The second kappa shape index (κ2) is 6.49. The Morgan fingerprint density at radius 2 is 1.85 bits per heavy atom. The predicted octanol–water partition coefficient (Wildman–Crippen LogP) is 3.04. The first-order valence-corrected chi connectivity index (χ1v) is 8.03. The molecule has 1 fully saturated rings. The van der Waals surface area contributed by atoms with Gasteiger partial charge in [0.2, 0.25) is 0 Å². The molecule has 3 rings (SSSR count). The zero-order valence-corrected chi connectivity index (χ0v) is 12.3. The molecule has 0 bridgehead atoms. The summed E-state index contributed by atoms with van der Waals surface area (Å²) >= 11 is 0. The summed E-state index contributed by atoms with van der Waals surface area (Å²) in [6.07, 6.45) is 6.41. The minimum Gasteiger partial charge on any atom is -0.491 e. The van der Waals surface area contributed by atoms with Gasteiger partial charge in [0.15, 0.2) is 0 Å². The average molecular weight is 274 g/mol. The lowest BCUT2D eigenvalue weighted by molar-refractivity contribution is 0.280. The quantitative estimate of drug-likeness (QED) is 0.920. The normalized spacial score (nSPS) is 26.6. The lowest BCUT2D eigenvalue weighted by Gasteiger charge is -2.33. The summed E-state index contributed by atoms with van der Waals surface area (Å²) in [5, 5.41) is 0. The summed E-state index contributed by atoms with van der Waals surface area (Å²) < 4.78 is 5.84. The topological polar surface area (TPSA) is 38.5 Å². The fraction of sp³-hybridized carbons (Fsp3) is 0.647. The van der Waals surface area contributed by atoms with Crippen molar-refractivity contribution in [2.45, 2.75) is 32.1 Å². The molecule has 3 nitrogen and oxygen atoms in total. The first kappa shape index (κ1) is 13.7. The SMILES string of the molecule is NCC1CCC(CN2CCCOc3ccccc32)CC1. The summed E-state index contributed by atoms with van der Waals surface area (Å²) in [7, 11) is 0. The Hall–Kier alpha value is -1.22. The molecule has 1 heterocycles. The molecule has 1 aromatic rings. The lowest BCUT2D eigenvalue weighted by atomic mass is 9.82. The van der Waals surface area contributed by atoms with Crippen LogP contribution >= 0.6 is 0 Å². The van der Waals surface area contributed by atoms with Gasteiger partial charge in [-0.25, -0.2) is 0 Å². The largest absolute Gasteiger partial charge is 0.491 e. The molecule has 0 radical (unpaired) electrons. The maximum absolute atomic E-state index is 5.84. The number of ether oxygens (including phenoxy) is 1. The average Bonchev–Trinajstić information content (AvgIpc) is 2.71. The highest BCUT2D eigenvalue weighted by Gasteiger charge is 2.24. The summed E-state index contributed by atoms with van der Waals surface area (Å²) in [4.78, 5) is 2.54. The van der Waals surface area contributed by atoms with Gasteiger partial charge in [-0.05, 0) is 62.6 Å². The van der Waals surface area contributed by atoms with Gasteiger partial charge in [-0.3, -0.25) is 0 Å². The van der Waals surface area contributed by atoms with Crippen molar-refractivity contribution in [3.63, 3.8) is 0 Å². The minimum absolute atomic E-state index is 0.769. The molecule has 0 spiro atoms. The fourth-order valence-corrected chi connectivity index (χ4v) is 3.55. The molecular formula is C17H26N2O. The molecule has 1 saturated carbocycles. The number of nitrogens with two attached hydrogens (primary N) is 1. The van der Waals surface area contributed by atoms with Crippen LogP contribution in [0.3, 0.4) is 0 Å². The molecular weight excluding hydrogens is 248 g/mol. The molecule has 2 aliphatic rings. The van der Waals surface area contributed by atoms with Gasteiger partial charge in [0.1, 0.15) is 5.75 Å². The lowest BCUT2D eigenvalue weighted by Crippen LogP contribution is -2.33. The van der Waals surface area contributed by atoms with Crippen LogP contribution in [0.15, 0.2) is 24.3 Å². The summed E-state index contributed by atoms with van der Waals surface area (Å²) in [6, 6.07) is 8.48. The van der Waals surface area contributed by atoms with Crippen LogP contribution in [0.2, 0.25) is 0 Å². The first-order chi connectivity index (χ1) is 9.86. The van der Waals surface area contributed by atoms with E-state index in [9.17, 15) is 0 Å². The smallest absolute Gasteiger partial charge is 0.142 e. The number of rotatable bonds is 3. The van der Waals surface area contributed by atoms with Gasteiger partial charge in [0.25, 0.3) is 0 Å². The monoisotopic (exact) mass is 274 g/mol. The van der Waals surface area contributed by atoms with Crippen LogP contribution < -0.4 is 15.4 Å². The van der Waals surface area contributed by atoms with Crippen molar-refractivity contribution < 1.29 is 4.74 Å². The minimum atomic E-state index is 0.769. The maximum atomic E-state index is 5.84. The number of hydrogen-bond donors (Lipinski definition) is 1. The van der Waals surface area contributed by atoms with Crippen LogP contribution in [-0.2, 0) is 0 Å². The number of anilines is 1. The van der Waals surface area contributed by atoms with Crippen LogP contribution in [0.4, 0.5) is 5.69 Å². The molecule has 110 valence electrons. The van der Waals surface area contributed by atoms with Crippen molar-refractivity contribution in [2.24, 2.45) is 17.6 Å². The number of benzene rings is 1. The Morgan fingerprint density at radius 3 is 2.65 bits per heavy atom. The van der Waals surface area contributed by atoms with Gasteiger partial charge in [-0.1, -0.05) is 12.1 Å². The molecule has 20 heavy (non-hydrogen) atoms. The van der Waals surface area contributed by atoms with Crippen molar-refractivity contribution in [3.8, 4) is 5.75 Å². The van der Waals surface area contributed by atoms with E-state index in [0.29, 0.717) is 0 Å². The van der Waals surface area contributed by atoms with Crippen LogP contribution in [0.1, 0.15) is 32.1 Å². The van der Waals surface area contributed by atoms with Crippen molar-refractivity contribution >= 4 is 5.69 Å². The van der Waals surface area contributed by atoms with Crippen LogP contribution in [-0.4, -0.2) is 26.2 Å². The molecule has 0 amide bonds. The zero-order chi connectivity index (χ0) is 13.8. The molecule has 0 aromatic heterocycles. The molecule has 1 aliphatic carbocycles. The van der Waals surface area contributed by atoms with Gasteiger partial charge in [0.05, 0.1) is 12.3 Å². The number of fused-ring (bicyclic) bond motifs is 1. The van der Waals surface area contributed by atoms with E-state index in [2.05, 4.69) is 29.2 Å². The maximum Gasteiger partial charge on any atom is 0.142 e. The molecule has 2 N–H and O–H groups in total. The van der Waals surface area contributed by atoms with Gasteiger partial charge < -0.3 is 15.4 Å². The van der Waals surface area contributed by atoms with Gasteiger partial charge in [-0.2, -0.15) is 0 Å². The van der Waals surface area contributed by atoms with E-state index in [4.69, 9.17) is 10.5 Å². The Balaban J connectivity index is 1.65. The third-order valence-electron chi connectivity index (χ3n) is 4.81. The Morgan fingerprint density at radius 1 is 1.10 bits per heavy atom. The molecule has 0 unspecified atom stereocenters. The van der Waals surface area contributed by atoms with Gasteiger partial charge in [-0.15, -0.1) is 0 Å². The Labute approximate surface area is 122 Å². The highest BCUT2D eigenvalue weighted by Crippen LogP contribution is 2.34. The fourth-order valence-electron chi connectivity index (χ4n) is 3.55. The second-order valence-electron chi connectivity index (χ2n) is 6.24. The van der Waals surface area contributed by atoms with Crippen molar-refractivity contribution in [1.82, 2.24) is 0 Å². The van der Waals surface area contributed by atoms with Crippen LogP contribution in [0, 0.1) is 11.8 Å². The number of hydrogen-bond acceptors (Lipinski definition) is 3. The van der Waals surface area contributed by atoms with Crippen molar-refractivity contribution in [3.05, 3.63) is 24.3 Å². The van der Waals surface area contributed by atoms with Crippen LogP contribution in [0.25, 0.3) is 0 Å². The van der Waals surface area contributed by atoms with Gasteiger partial charge >= 0.3 is 0 Å². The Kier molecular flexibility index (Phi) is 4.46. The highest BCUT2D eigenvalue weighted by atomic mass is 16.5.